The monoisotopic (exact) mass is 630 g/mol. The van der Waals surface area contributed by atoms with Crippen LogP contribution in [0.3, 0.4) is 0 Å². The smallest absolute Gasteiger partial charge is 0.416 e. The molecule has 0 saturated carbocycles. The molecule has 1 fully saturated rings. The van der Waals surface area contributed by atoms with Crippen LogP contribution in [0.4, 0.5) is 26.3 Å². The fourth-order valence-electron chi connectivity index (χ4n) is 4.93. The Kier molecular flexibility index (Phi) is 8.20. The van der Waals surface area contributed by atoms with Crippen LogP contribution in [0, 0.1) is 17.5 Å². The molecule has 1 atom stereocenters. The molecule has 0 radical (unpaired) electrons. The predicted octanol–water partition coefficient (Wildman–Crippen LogP) is 5.87. The average molecular weight is 631 g/mol. The van der Waals surface area contributed by atoms with Crippen molar-refractivity contribution in [2.75, 3.05) is 6.61 Å². The molecule has 0 aliphatic carbocycles. The van der Waals surface area contributed by atoms with Gasteiger partial charge in [0.1, 0.15) is 29.9 Å². The van der Waals surface area contributed by atoms with E-state index in [2.05, 4.69) is 15.0 Å². The molecule has 2 N–H and O–H groups in total. The van der Waals surface area contributed by atoms with Crippen LogP contribution in [0.2, 0.25) is 0 Å². The Morgan fingerprint density at radius 3 is 2.40 bits per heavy atom. The van der Waals surface area contributed by atoms with E-state index >= 15 is 8.78 Å². The predicted molar refractivity (Wildman–Crippen MR) is 147 cm³/mol. The Labute approximate surface area is 251 Å². The second-order valence-electron chi connectivity index (χ2n) is 10.5. The minimum absolute atomic E-state index is 0.00469. The largest absolute Gasteiger partial charge is 0.473 e. The standard InChI is InChI=1S/C31H24F6N4O4/c32-22-12-19(31(35,36)37)3-1-17(22)15-45-28-5-7-38-29(40-28)21-13-23(33)18(9-24(21)34)11-27-39-25-4-2-16(30(42)43)10-26(25)41(27)14-20-6-8-44-20/h1-5,7,9-10,12-13,20,30,42-43H,6,8,11,14-15H2/t20-/m0/s1. The third-order valence-electron chi connectivity index (χ3n) is 7.44. The van der Waals surface area contributed by atoms with E-state index in [4.69, 9.17) is 9.47 Å². The quantitative estimate of drug-likeness (QED) is 0.155. The van der Waals surface area contributed by atoms with Gasteiger partial charge in [0, 0.05) is 36.4 Å². The van der Waals surface area contributed by atoms with Gasteiger partial charge >= 0.3 is 6.18 Å². The van der Waals surface area contributed by atoms with Crippen molar-refractivity contribution in [3.63, 3.8) is 0 Å². The highest BCUT2D eigenvalue weighted by Crippen LogP contribution is 2.31. The molecule has 0 unspecified atom stereocenters. The molecule has 1 aliphatic rings. The van der Waals surface area contributed by atoms with E-state index in [-0.39, 0.29) is 46.5 Å². The first kappa shape index (κ1) is 30.5. The lowest BCUT2D eigenvalue weighted by molar-refractivity contribution is -0.137. The summed E-state index contributed by atoms with van der Waals surface area (Å²) in [6.45, 7) is 0.520. The molecule has 1 saturated heterocycles. The maximum absolute atomic E-state index is 15.4. The number of benzene rings is 3. The highest BCUT2D eigenvalue weighted by Gasteiger charge is 2.31. The first-order valence-electron chi connectivity index (χ1n) is 13.7. The second kappa shape index (κ2) is 12.1. The number of alkyl halides is 3. The molecule has 234 valence electrons. The van der Waals surface area contributed by atoms with Crippen molar-refractivity contribution in [1.29, 1.82) is 0 Å². The molecule has 3 aromatic carbocycles. The van der Waals surface area contributed by atoms with Gasteiger partial charge < -0.3 is 24.3 Å². The number of aliphatic hydroxyl groups is 2. The Morgan fingerprint density at radius 1 is 0.933 bits per heavy atom. The lowest BCUT2D eigenvalue weighted by Crippen LogP contribution is -2.31. The van der Waals surface area contributed by atoms with Gasteiger partial charge in [-0.1, -0.05) is 12.1 Å². The van der Waals surface area contributed by atoms with Gasteiger partial charge in [0.15, 0.2) is 12.1 Å². The first-order valence-corrected chi connectivity index (χ1v) is 13.7. The number of aromatic nitrogens is 4. The van der Waals surface area contributed by atoms with Gasteiger partial charge in [0.2, 0.25) is 5.88 Å². The molecule has 5 aromatic rings. The highest BCUT2D eigenvalue weighted by molar-refractivity contribution is 5.77. The Balaban J connectivity index is 1.24. The van der Waals surface area contributed by atoms with Gasteiger partial charge in [0.25, 0.3) is 0 Å². The number of nitrogens with zero attached hydrogens (tertiary/aromatic N) is 4. The van der Waals surface area contributed by atoms with E-state index in [0.29, 0.717) is 36.1 Å². The summed E-state index contributed by atoms with van der Waals surface area (Å²) in [5.41, 5.74) is -0.215. The van der Waals surface area contributed by atoms with E-state index in [1.54, 1.807) is 16.7 Å². The van der Waals surface area contributed by atoms with Gasteiger partial charge in [-0.05, 0) is 48.4 Å². The fourth-order valence-corrected chi connectivity index (χ4v) is 4.93. The van der Waals surface area contributed by atoms with E-state index in [1.807, 2.05) is 0 Å². The van der Waals surface area contributed by atoms with Gasteiger partial charge in [-0.3, -0.25) is 0 Å². The molecule has 2 aromatic heterocycles. The normalized spacial score (nSPS) is 15.1. The third-order valence-corrected chi connectivity index (χ3v) is 7.44. The molecule has 45 heavy (non-hydrogen) atoms. The summed E-state index contributed by atoms with van der Waals surface area (Å²) in [4.78, 5) is 12.6. The van der Waals surface area contributed by atoms with E-state index < -0.39 is 42.1 Å². The zero-order chi connectivity index (χ0) is 31.9. The van der Waals surface area contributed by atoms with Crippen LogP contribution in [0.15, 0.2) is 60.8 Å². The molecule has 3 heterocycles. The number of halogens is 6. The maximum Gasteiger partial charge on any atom is 0.416 e. The summed E-state index contributed by atoms with van der Waals surface area (Å²) in [7, 11) is 0. The van der Waals surface area contributed by atoms with Gasteiger partial charge in [0.05, 0.1) is 34.8 Å². The summed E-state index contributed by atoms with van der Waals surface area (Å²) in [6.07, 6.45) is -4.57. The van der Waals surface area contributed by atoms with Gasteiger partial charge in [-0.2, -0.15) is 18.2 Å². The number of imidazole rings is 1. The number of fused-ring (bicyclic) bond motifs is 1. The molecule has 6 rings (SSSR count). The van der Waals surface area contributed by atoms with Gasteiger partial charge in [-0.25, -0.2) is 23.1 Å². The zero-order valence-electron chi connectivity index (χ0n) is 23.2. The minimum Gasteiger partial charge on any atom is -0.473 e. The highest BCUT2D eigenvalue weighted by atomic mass is 19.4. The second-order valence-corrected chi connectivity index (χ2v) is 10.5. The number of ether oxygens (including phenoxy) is 2. The van der Waals surface area contributed by atoms with Crippen LogP contribution in [-0.2, 0) is 30.5 Å². The van der Waals surface area contributed by atoms with Crippen molar-refractivity contribution < 1.29 is 46.0 Å². The summed E-state index contributed by atoms with van der Waals surface area (Å²) in [6, 6.07) is 9.95. The Morgan fingerprint density at radius 2 is 1.71 bits per heavy atom. The lowest BCUT2D eigenvalue weighted by atomic mass is 10.1. The summed E-state index contributed by atoms with van der Waals surface area (Å²) in [5, 5.41) is 19.3. The van der Waals surface area contributed by atoms with Crippen molar-refractivity contribution in [2.45, 2.75) is 44.6 Å². The number of aliphatic hydroxyl groups excluding tert-OH is 1. The number of hydrogen-bond donors (Lipinski definition) is 2. The van der Waals surface area contributed by atoms with Crippen molar-refractivity contribution >= 4 is 11.0 Å². The van der Waals surface area contributed by atoms with E-state index in [1.165, 1.54) is 18.3 Å². The fraction of sp³-hybridized carbons (Fsp3) is 0.258. The molecular weight excluding hydrogens is 606 g/mol. The zero-order valence-corrected chi connectivity index (χ0v) is 23.2. The van der Waals surface area contributed by atoms with Crippen molar-refractivity contribution in [2.24, 2.45) is 0 Å². The molecule has 0 bridgehead atoms. The Bertz CT molecular complexity index is 1870. The first-order chi connectivity index (χ1) is 21.5. The third kappa shape index (κ3) is 6.48. The molecular formula is C31H24F6N4O4. The molecule has 8 nitrogen and oxygen atoms in total. The topological polar surface area (TPSA) is 103 Å². The molecule has 1 aliphatic heterocycles. The molecule has 14 heteroatoms. The van der Waals surface area contributed by atoms with Crippen LogP contribution in [-0.4, -0.2) is 42.4 Å². The number of rotatable bonds is 9. The van der Waals surface area contributed by atoms with Crippen molar-refractivity contribution in [3.05, 3.63) is 106 Å². The number of hydrogen-bond acceptors (Lipinski definition) is 7. The summed E-state index contributed by atoms with van der Waals surface area (Å²) < 4.78 is 96.2. The average Bonchev–Trinajstić information content (AvgIpc) is 3.31. The summed E-state index contributed by atoms with van der Waals surface area (Å²) >= 11 is 0. The van der Waals surface area contributed by atoms with Crippen LogP contribution in [0.25, 0.3) is 22.4 Å². The lowest BCUT2D eigenvalue weighted by Gasteiger charge is -2.27. The summed E-state index contributed by atoms with van der Waals surface area (Å²) in [5.74, 6) is -2.68. The van der Waals surface area contributed by atoms with Crippen LogP contribution < -0.4 is 4.74 Å². The molecule has 0 amide bonds. The minimum atomic E-state index is -4.70. The maximum atomic E-state index is 15.4. The van der Waals surface area contributed by atoms with E-state index in [0.717, 1.165) is 30.7 Å². The van der Waals surface area contributed by atoms with E-state index in [9.17, 15) is 27.8 Å². The Hall–Kier alpha value is -4.53. The molecule has 0 spiro atoms. The van der Waals surface area contributed by atoms with Crippen LogP contribution in [0.5, 0.6) is 5.88 Å². The van der Waals surface area contributed by atoms with Gasteiger partial charge in [-0.15, -0.1) is 0 Å². The van der Waals surface area contributed by atoms with Crippen molar-refractivity contribution in [3.8, 4) is 17.3 Å². The van der Waals surface area contributed by atoms with Crippen LogP contribution >= 0.6 is 0 Å². The van der Waals surface area contributed by atoms with Crippen molar-refractivity contribution in [1.82, 2.24) is 19.5 Å². The van der Waals surface area contributed by atoms with Crippen LogP contribution in [0.1, 0.15) is 40.8 Å². The SMILES string of the molecule is OC(O)c1ccc2nc(Cc3cc(F)c(-c4nccc(OCc5ccc(C(F)(F)F)cc5F)n4)cc3F)n(C[C@@H]3CCO3)c2c1.